The van der Waals surface area contributed by atoms with Crippen LogP contribution in [0.5, 0.6) is 0 Å². The van der Waals surface area contributed by atoms with E-state index in [1.165, 1.54) is 19.1 Å². The first kappa shape index (κ1) is 29.1. The lowest BCUT2D eigenvalue weighted by Crippen LogP contribution is -2.22. The molecule has 1 aliphatic carbocycles. The van der Waals surface area contributed by atoms with Gasteiger partial charge in [-0.3, -0.25) is 4.39 Å². The van der Waals surface area contributed by atoms with Crippen molar-refractivity contribution in [3.8, 4) is 0 Å². The quantitative estimate of drug-likeness (QED) is 0.280. The minimum absolute atomic E-state index is 0.172. The summed E-state index contributed by atoms with van der Waals surface area (Å²) in [4.78, 5) is 14.0. The van der Waals surface area contributed by atoms with E-state index in [1.54, 1.807) is 24.3 Å². The average Bonchev–Trinajstić information content (AvgIpc) is 3.29. The summed E-state index contributed by atoms with van der Waals surface area (Å²) in [7, 11) is 0. The smallest absolute Gasteiger partial charge is 0.417 e. The van der Waals surface area contributed by atoms with Gasteiger partial charge >= 0.3 is 12.1 Å². The van der Waals surface area contributed by atoms with Crippen LogP contribution in [0.2, 0.25) is 0 Å². The molecule has 0 saturated carbocycles. The maximum Gasteiger partial charge on any atom is 0.417 e. The molecule has 1 heterocycles. The van der Waals surface area contributed by atoms with Crippen LogP contribution in [0.4, 0.5) is 17.6 Å². The van der Waals surface area contributed by atoms with Crippen LogP contribution in [0.3, 0.4) is 0 Å². The number of fused-ring (bicyclic) bond motifs is 1. The van der Waals surface area contributed by atoms with Crippen molar-refractivity contribution in [2.75, 3.05) is 26.3 Å². The lowest BCUT2D eigenvalue weighted by Gasteiger charge is -2.21. The van der Waals surface area contributed by atoms with E-state index in [0.717, 1.165) is 60.3 Å². The highest BCUT2D eigenvalue weighted by Gasteiger charge is 2.37. The molecular weight excluding hydrogens is 530 g/mol. The molecule has 3 aromatic carbocycles. The molecule has 1 aliphatic heterocycles. The third-order valence-electron chi connectivity index (χ3n) is 8.42. The molecule has 0 bridgehead atoms. The van der Waals surface area contributed by atoms with Gasteiger partial charge in [-0.05, 0) is 115 Å². The fraction of sp³-hybridized carbons (Fsp3) is 0.382. The van der Waals surface area contributed by atoms with Crippen molar-refractivity contribution in [3.05, 3.63) is 105 Å². The Hall–Kier alpha value is -3.45. The summed E-state index contributed by atoms with van der Waals surface area (Å²) < 4.78 is 55.7. The molecule has 7 heteroatoms. The molecule has 1 fully saturated rings. The van der Waals surface area contributed by atoms with Gasteiger partial charge in [-0.25, -0.2) is 4.79 Å². The van der Waals surface area contributed by atoms with Crippen LogP contribution in [-0.4, -0.2) is 42.3 Å². The molecule has 3 nitrogen and oxygen atoms in total. The number of carboxylic acids is 1. The Morgan fingerprint density at radius 3 is 2.51 bits per heavy atom. The first-order valence-electron chi connectivity index (χ1n) is 14.3. The number of aryl methyl sites for hydroxylation is 2. The number of carbonyl (C=O) groups is 1. The van der Waals surface area contributed by atoms with Crippen molar-refractivity contribution in [2.45, 2.75) is 51.6 Å². The van der Waals surface area contributed by atoms with Crippen molar-refractivity contribution in [1.82, 2.24) is 4.90 Å². The van der Waals surface area contributed by atoms with Crippen molar-refractivity contribution in [1.29, 1.82) is 0 Å². The number of allylic oxidation sites excluding steroid dienone is 1. The first-order valence-corrected chi connectivity index (χ1v) is 14.3. The van der Waals surface area contributed by atoms with E-state index in [2.05, 4.69) is 17.0 Å². The number of halogens is 4. The van der Waals surface area contributed by atoms with Gasteiger partial charge < -0.3 is 10.0 Å². The number of nitrogens with zero attached hydrogens (tertiary/aromatic N) is 1. The molecule has 0 radical (unpaired) electrons. The maximum atomic E-state index is 14.4. The van der Waals surface area contributed by atoms with E-state index in [1.807, 2.05) is 12.1 Å². The number of likely N-dealkylation sites (tertiary alicyclic amines) is 1. The zero-order valence-corrected chi connectivity index (χ0v) is 23.2. The van der Waals surface area contributed by atoms with E-state index >= 15 is 0 Å². The topological polar surface area (TPSA) is 40.5 Å². The average molecular weight is 566 g/mol. The Bertz CT molecular complexity index is 1440. The van der Waals surface area contributed by atoms with Gasteiger partial charge in [-0.1, -0.05) is 48.5 Å². The molecule has 0 amide bonds. The van der Waals surface area contributed by atoms with E-state index < -0.39 is 17.7 Å². The number of rotatable bonds is 8. The zero-order chi connectivity index (χ0) is 29.1. The third kappa shape index (κ3) is 6.40. The third-order valence-corrected chi connectivity index (χ3v) is 8.42. The van der Waals surface area contributed by atoms with Gasteiger partial charge in [0.25, 0.3) is 0 Å². The normalized spacial score (nSPS) is 17.9. The van der Waals surface area contributed by atoms with Crippen LogP contribution in [0.15, 0.2) is 60.7 Å². The number of hydrogen-bond acceptors (Lipinski definition) is 2. The molecule has 1 N–H and O–H groups in total. The van der Waals surface area contributed by atoms with E-state index in [0.29, 0.717) is 37.2 Å². The van der Waals surface area contributed by atoms with Gasteiger partial charge in [0.2, 0.25) is 0 Å². The van der Waals surface area contributed by atoms with Gasteiger partial charge in [0.15, 0.2) is 0 Å². The highest BCUT2D eigenvalue weighted by molar-refractivity contribution is 6.01. The second-order valence-corrected chi connectivity index (χ2v) is 11.3. The van der Waals surface area contributed by atoms with Gasteiger partial charge in [0.1, 0.15) is 0 Å². The molecule has 0 spiro atoms. The van der Waals surface area contributed by atoms with E-state index in [-0.39, 0.29) is 23.4 Å². The van der Waals surface area contributed by atoms with Crippen LogP contribution in [-0.2, 0) is 19.0 Å². The SMILES string of the molecule is Cc1cccc(C2=C(c3ccc(CC4CCN(CCCF)C4)cc3)c3ccc(C(=O)O)cc3CCC2)c1C(F)(F)F. The standard InChI is InChI=1S/C34H35F4NO2/c1-22-5-2-8-30(32(22)34(36,37)38)29-7-3-6-26-20-27(33(40)41)13-14-28(26)31(29)25-11-9-23(10-12-25)19-24-15-18-39(21-24)17-4-16-35/h2,5,8-14,20,24H,3-4,6-7,15-19,21H2,1H3,(H,40,41). The molecule has 1 atom stereocenters. The molecule has 0 aromatic heterocycles. The predicted molar refractivity (Wildman–Crippen MR) is 154 cm³/mol. The molecule has 41 heavy (non-hydrogen) atoms. The molecule has 216 valence electrons. The van der Waals surface area contributed by atoms with Gasteiger partial charge in [-0.2, -0.15) is 13.2 Å². The molecular formula is C34H35F4NO2. The number of aromatic carboxylic acids is 1. The highest BCUT2D eigenvalue weighted by Crippen LogP contribution is 2.45. The predicted octanol–water partition coefficient (Wildman–Crippen LogP) is 8.23. The van der Waals surface area contributed by atoms with Gasteiger partial charge in [0.05, 0.1) is 17.8 Å². The van der Waals surface area contributed by atoms with Crippen LogP contribution in [0.1, 0.15) is 75.0 Å². The highest BCUT2D eigenvalue weighted by atomic mass is 19.4. The Balaban J connectivity index is 1.58. The molecule has 5 rings (SSSR count). The molecule has 2 aliphatic rings. The minimum Gasteiger partial charge on any atom is -0.478 e. The van der Waals surface area contributed by atoms with E-state index in [4.69, 9.17) is 0 Å². The fourth-order valence-corrected chi connectivity index (χ4v) is 6.52. The van der Waals surface area contributed by atoms with Crippen LogP contribution in [0.25, 0.3) is 11.1 Å². The Kier molecular flexibility index (Phi) is 8.64. The number of hydrogen-bond donors (Lipinski definition) is 1. The van der Waals surface area contributed by atoms with Gasteiger partial charge in [-0.15, -0.1) is 0 Å². The maximum absolute atomic E-state index is 14.4. The molecule has 1 unspecified atom stereocenters. The number of alkyl halides is 4. The second-order valence-electron chi connectivity index (χ2n) is 11.3. The lowest BCUT2D eigenvalue weighted by molar-refractivity contribution is -0.138. The molecule has 1 saturated heterocycles. The Labute approximate surface area is 238 Å². The van der Waals surface area contributed by atoms with Crippen molar-refractivity contribution in [3.63, 3.8) is 0 Å². The monoisotopic (exact) mass is 565 g/mol. The zero-order valence-electron chi connectivity index (χ0n) is 23.2. The fourth-order valence-electron chi connectivity index (χ4n) is 6.52. The minimum atomic E-state index is -4.51. The summed E-state index contributed by atoms with van der Waals surface area (Å²) >= 11 is 0. The van der Waals surface area contributed by atoms with Crippen molar-refractivity contribution >= 4 is 17.1 Å². The van der Waals surface area contributed by atoms with Crippen molar-refractivity contribution < 1.29 is 27.5 Å². The Morgan fingerprint density at radius 2 is 1.80 bits per heavy atom. The second kappa shape index (κ2) is 12.2. The van der Waals surface area contributed by atoms with Crippen molar-refractivity contribution in [2.24, 2.45) is 5.92 Å². The summed E-state index contributed by atoms with van der Waals surface area (Å²) in [6.45, 7) is 3.90. The van der Waals surface area contributed by atoms with Crippen LogP contribution >= 0.6 is 0 Å². The lowest BCUT2D eigenvalue weighted by atomic mass is 9.84. The van der Waals surface area contributed by atoms with Gasteiger partial charge in [0, 0.05) is 13.1 Å². The van der Waals surface area contributed by atoms with Crippen LogP contribution < -0.4 is 0 Å². The molecule has 3 aromatic rings. The largest absolute Gasteiger partial charge is 0.478 e. The summed E-state index contributed by atoms with van der Waals surface area (Å²) in [6.07, 6.45) is -0.357. The first-order chi connectivity index (χ1) is 19.7. The summed E-state index contributed by atoms with van der Waals surface area (Å²) in [5.41, 5.74) is 4.88. The summed E-state index contributed by atoms with van der Waals surface area (Å²) in [5, 5.41) is 9.58. The summed E-state index contributed by atoms with van der Waals surface area (Å²) in [6, 6.07) is 17.8. The number of carboxylic acid groups (broad SMARTS) is 1. The van der Waals surface area contributed by atoms with E-state index in [9.17, 15) is 27.5 Å². The Morgan fingerprint density at radius 1 is 1.02 bits per heavy atom. The summed E-state index contributed by atoms with van der Waals surface area (Å²) in [5.74, 6) is -0.537. The number of benzene rings is 3. The van der Waals surface area contributed by atoms with Crippen LogP contribution in [0, 0.1) is 12.8 Å².